The topological polar surface area (TPSA) is 32.3 Å². The number of hydrogen-bond acceptors (Lipinski definition) is 2. The number of carbonyl (C=O) groups is 1. The number of amides is 1. The Bertz CT molecular complexity index is 777. The van der Waals surface area contributed by atoms with Gasteiger partial charge in [0.15, 0.2) is 0 Å². The van der Waals surface area contributed by atoms with Crippen molar-refractivity contribution in [3.8, 4) is 0 Å². The fourth-order valence-corrected chi connectivity index (χ4v) is 4.53. The second-order valence-corrected chi connectivity index (χ2v) is 7.69. The third-order valence-corrected chi connectivity index (χ3v) is 5.85. The van der Waals surface area contributed by atoms with Gasteiger partial charge in [-0.2, -0.15) is 0 Å². The van der Waals surface area contributed by atoms with Gasteiger partial charge in [-0.25, -0.2) is 8.78 Å². The minimum absolute atomic E-state index is 0.134. The van der Waals surface area contributed by atoms with Crippen LogP contribution in [0.2, 0.25) is 0 Å². The number of fused-ring (bicyclic) bond motifs is 2. The number of hydrogen-bond donors (Lipinski definition) is 1. The SMILES string of the molecule is O=C(NC1CC2CCCC(C1)N2Cc1ccc(F)cc1)c1ccc(F)cc1. The number of halogens is 2. The van der Waals surface area contributed by atoms with Gasteiger partial charge in [0.2, 0.25) is 0 Å². The number of nitrogens with zero attached hydrogens (tertiary/aromatic N) is 1. The molecule has 3 nitrogen and oxygen atoms in total. The average molecular weight is 370 g/mol. The van der Waals surface area contributed by atoms with Crippen molar-refractivity contribution in [2.75, 3.05) is 0 Å². The summed E-state index contributed by atoms with van der Waals surface area (Å²) in [5.41, 5.74) is 1.62. The van der Waals surface area contributed by atoms with E-state index in [2.05, 4.69) is 10.2 Å². The molecule has 0 aliphatic carbocycles. The molecule has 0 aromatic heterocycles. The Kier molecular flexibility index (Phi) is 5.21. The molecule has 0 saturated carbocycles. The molecule has 2 unspecified atom stereocenters. The lowest BCUT2D eigenvalue weighted by Gasteiger charge is -2.49. The molecule has 2 bridgehead atoms. The Morgan fingerprint density at radius 3 is 2.07 bits per heavy atom. The van der Waals surface area contributed by atoms with Gasteiger partial charge in [-0.05, 0) is 67.6 Å². The van der Waals surface area contributed by atoms with Crippen molar-refractivity contribution in [3.05, 3.63) is 71.3 Å². The zero-order valence-electron chi connectivity index (χ0n) is 15.2. The Labute approximate surface area is 158 Å². The third-order valence-electron chi connectivity index (χ3n) is 5.85. The maximum Gasteiger partial charge on any atom is 0.251 e. The van der Waals surface area contributed by atoms with E-state index < -0.39 is 0 Å². The number of nitrogens with one attached hydrogen (secondary N) is 1. The van der Waals surface area contributed by atoms with E-state index in [9.17, 15) is 13.6 Å². The van der Waals surface area contributed by atoms with E-state index in [0.29, 0.717) is 17.6 Å². The van der Waals surface area contributed by atoms with Crippen LogP contribution in [-0.4, -0.2) is 28.9 Å². The van der Waals surface area contributed by atoms with Crippen molar-refractivity contribution in [1.29, 1.82) is 0 Å². The Morgan fingerprint density at radius 1 is 0.926 bits per heavy atom. The number of benzene rings is 2. The van der Waals surface area contributed by atoms with E-state index in [1.54, 1.807) is 0 Å². The zero-order valence-corrected chi connectivity index (χ0v) is 15.2. The summed E-state index contributed by atoms with van der Waals surface area (Å²) in [5, 5.41) is 3.14. The molecule has 4 rings (SSSR count). The molecule has 2 aliphatic rings. The maximum atomic E-state index is 13.2. The predicted octanol–water partition coefficient (Wildman–Crippen LogP) is 4.28. The smallest absolute Gasteiger partial charge is 0.251 e. The third kappa shape index (κ3) is 4.19. The summed E-state index contributed by atoms with van der Waals surface area (Å²) in [6, 6.07) is 13.4. The van der Waals surface area contributed by atoms with Gasteiger partial charge in [0.1, 0.15) is 11.6 Å². The molecule has 1 N–H and O–H groups in total. The summed E-state index contributed by atoms with van der Waals surface area (Å²) in [6.07, 6.45) is 5.31. The Balaban J connectivity index is 1.40. The number of rotatable bonds is 4. The average Bonchev–Trinajstić information content (AvgIpc) is 2.64. The molecule has 2 saturated heterocycles. The van der Waals surface area contributed by atoms with Crippen molar-refractivity contribution < 1.29 is 13.6 Å². The first-order chi connectivity index (χ1) is 13.1. The minimum atomic E-state index is -0.338. The summed E-state index contributed by atoms with van der Waals surface area (Å²) in [4.78, 5) is 15.0. The minimum Gasteiger partial charge on any atom is -0.349 e. The highest BCUT2D eigenvalue weighted by atomic mass is 19.1. The van der Waals surface area contributed by atoms with Gasteiger partial charge in [-0.15, -0.1) is 0 Å². The predicted molar refractivity (Wildman–Crippen MR) is 100 cm³/mol. The second kappa shape index (κ2) is 7.77. The highest BCUT2D eigenvalue weighted by Gasteiger charge is 2.38. The first-order valence-electron chi connectivity index (χ1n) is 9.65. The summed E-state index contributed by atoms with van der Waals surface area (Å²) in [5.74, 6) is -0.679. The van der Waals surface area contributed by atoms with Crippen molar-refractivity contribution in [2.45, 2.75) is 56.8 Å². The molecule has 1 amide bonds. The summed E-state index contributed by atoms with van der Waals surface area (Å²) in [7, 11) is 0. The van der Waals surface area contributed by atoms with Gasteiger partial charge in [-0.1, -0.05) is 18.6 Å². The lowest BCUT2D eigenvalue weighted by molar-refractivity contribution is 0.0177. The van der Waals surface area contributed by atoms with Crippen LogP contribution < -0.4 is 5.32 Å². The first-order valence-corrected chi connectivity index (χ1v) is 9.65. The van der Waals surface area contributed by atoms with Gasteiger partial charge in [0.25, 0.3) is 5.91 Å². The van der Waals surface area contributed by atoms with Crippen LogP contribution in [0.5, 0.6) is 0 Å². The van der Waals surface area contributed by atoms with Crippen LogP contribution in [0.4, 0.5) is 8.78 Å². The molecule has 2 aliphatic heterocycles. The number of carbonyl (C=O) groups excluding carboxylic acids is 1. The van der Waals surface area contributed by atoms with E-state index in [4.69, 9.17) is 0 Å². The zero-order chi connectivity index (χ0) is 18.8. The lowest BCUT2D eigenvalue weighted by atomic mass is 9.81. The van der Waals surface area contributed by atoms with Crippen LogP contribution in [-0.2, 0) is 6.54 Å². The quantitative estimate of drug-likeness (QED) is 0.871. The molecule has 142 valence electrons. The van der Waals surface area contributed by atoms with E-state index >= 15 is 0 Å². The van der Waals surface area contributed by atoms with E-state index in [-0.39, 0.29) is 23.6 Å². The fraction of sp³-hybridized carbons (Fsp3) is 0.409. The molecule has 0 spiro atoms. The molecule has 2 fully saturated rings. The van der Waals surface area contributed by atoms with Crippen LogP contribution in [0.1, 0.15) is 48.0 Å². The van der Waals surface area contributed by atoms with Crippen molar-refractivity contribution in [2.24, 2.45) is 0 Å². The monoisotopic (exact) mass is 370 g/mol. The van der Waals surface area contributed by atoms with Crippen LogP contribution in [0.15, 0.2) is 48.5 Å². The summed E-state index contributed by atoms with van der Waals surface area (Å²) in [6.45, 7) is 0.828. The van der Waals surface area contributed by atoms with Crippen molar-refractivity contribution in [3.63, 3.8) is 0 Å². The fourth-order valence-electron chi connectivity index (χ4n) is 4.53. The Hall–Kier alpha value is -2.27. The molecule has 2 aromatic rings. The molecular weight excluding hydrogens is 346 g/mol. The summed E-state index contributed by atoms with van der Waals surface area (Å²) >= 11 is 0. The Morgan fingerprint density at radius 2 is 1.48 bits per heavy atom. The van der Waals surface area contributed by atoms with Crippen LogP contribution in [0, 0.1) is 11.6 Å². The van der Waals surface area contributed by atoms with E-state index in [1.165, 1.54) is 42.8 Å². The highest BCUT2D eigenvalue weighted by Crippen LogP contribution is 2.35. The van der Waals surface area contributed by atoms with Crippen LogP contribution in [0.3, 0.4) is 0 Å². The molecule has 0 radical (unpaired) electrons. The lowest BCUT2D eigenvalue weighted by Crippen LogP contribution is -2.56. The molecule has 27 heavy (non-hydrogen) atoms. The van der Waals surface area contributed by atoms with Crippen LogP contribution >= 0.6 is 0 Å². The van der Waals surface area contributed by atoms with Gasteiger partial charge in [-0.3, -0.25) is 9.69 Å². The molecule has 5 heteroatoms. The largest absolute Gasteiger partial charge is 0.349 e. The van der Waals surface area contributed by atoms with Gasteiger partial charge >= 0.3 is 0 Å². The standard InChI is InChI=1S/C22H24F2N2O/c23-17-8-4-15(5-9-17)14-26-20-2-1-3-21(26)13-19(12-20)25-22(27)16-6-10-18(24)11-7-16/h4-11,19-21H,1-3,12-14H2,(H,25,27). The molecule has 2 heterocycles. The van der Waals surface area contributed by atoms with Gasteiger partial charge in [0, 0.05) is 30.2 Å². The van der Waals surface area contributed by atoms with Crippen molar-refractivity contribution >= 4 is 5.91 Å². The highest BCUT2D eigenvalue weighted by molar-refractivity contribution is 5.94. The maximum absolute atomic E-state index is 13.2. The summed E-state index contributed by atoms with van der Waals surface area (Å²) < 4.78 is 26.2. The normalized spacial score (nSPS) is 25.2. The van der Waals surface area contributed by atoms with E-state index in [0.717, 1.165) is 37.8 Å². The first kappa shape index (κ1) is 18.1. The molecular formula is C22H24F2N2O. The van der Waals surface area contributed by atoms with E-state index in [1.807, 2.05) is 12.1 Å². The second-order valence-electron chi connectivity index (χ2n) is 7.69. The molecule has 2 atom stereocenters. The molecule has 2 aromatic carbocycles. The number of piperidine rings is 2. The van der Waals surface area contributed by atoms with Gasteiger partial charge < -0.3 is 5.32 Å². The van der Waals surface area contributed by atoms with Crippen LogP contribution in [0.25, 0.3) is 0 Å². The van der Waals surface area contributed by atoms with Crippen molar-refractivity contribution in [1.82, 2.24) is 10.2 Å². The van der Waals surface area contributed by atoms with Gasteiger partial charge in [0.05, 0.1) is 0 Å².